The van der Waals surface area contributed by atoms with E-state index in [4.69, 9.17) is 4.74 Å². The molecule has 30 heavy (non-hydrogen) atoms. The summed E-state index contributed by atoms with van der Waals surface area (Å²) in [6.07, 6.45) is 1.70. The summed E-state index contributed by atoms with van der Waals surface area (Å²) in [6, 6.07) is 11.2. The van der Waals surface area contributed by atoms with Crippen LogP contribution < -0.4 is 15.4 Å². The van der Waals surface area contributed by atoms with Crippen LogP contribution in [0.3, 0.4) is 0 Å². The van der Waals surface area contributed by atoms with Gasteiger partial charge < -0.3 is 10.1 Å². The van der Waals surface area contributed by atoms with Gasteiger partial charge in [-0.05, 0) is 49.6 Å². The van der Waals surface area contributed by atoms with E-state index in [2.05, 4.69) is 20.7 Å². The molecule has 4 rings (SSSR count). The molecule has 0 saturated carbocycles. The zero-order valence-corrected chi connectivity index (χ0v) is 17.1. The van der Waals surface area contributed by atoms with E-state index in [1.54, 1.807) is 16.8 Å². The van der Waals surface area contributed by atoms with Crippen molar-refractivity contribution in [3.8, 4) is 5.75 Å². The maximum Gasteiger partial charge on any atom is 0.262 e. The molecule has 0 saturated heterocycles. The Hall–Kier alpha value is -3.68. The first kappa shape index (κ1) is 19.6. The molecule has 8 heteroatoms. The van der Waals surface area contributed by atoms with Crippen LogP contribution in [0.4, 0.5) is 11.6 Å². The number of carbonyl (C=O) groups is 2. The van der Waals surface area contributed by atoms with Gasteiger partial charge in [-0.15, -0.1) is 0 Å². The van der Waals surface area contributed by atoms with Gasteiger partial charge in [0.15, 0.2) is 6.61 Å². The third kappa shape index (κ3) is 4.03. The number of carbonyl (C=O) groups excluding carboxylic acids is 2. The molecule has 3 aromatic rings. The Balaban J connectivity index is 1.39. The number of amides is 2. The molecular formula is C22H23N5O3. The molecule has 0 fully saturated rings. The lowest BCUT2D eigenvalue weighted by molar-refractivity contribution is -0.118. The fourth-order valence-corrected chi connectivity index (χ4v) is 3.75. The van der Waals surface area contributed by atoms with Crippen molar-refractivity contribution in [1.82, 2.24) is 14.8 Å². The number of aryl methyl sites for hydroxylation is 3. The Kier molecular flexibility index (Phi) is 5.22. The average molecular weight is 405 g/mol. The van der Waals surface area contributed by atoms with Gasteiger partial charge in [0.25, 0.3) is 5.91 Å². The minimum atomic E-state index is -0.221. The lowest BCUT2D eigenvalue weighted by Gasteiger charge is -2.23. The van der Waals surface area contributed by atoms with Crippen molar-refractivity contribution in [1.29, 1.82) is 0 Å². The molecule has 154 valence electrons. The van der Waals surface area contributed by atoms with Crippen LogP contribution in [0.15, 0.2) is 42.7 Å². The summed E-state index contributed by atoms with van der Waals surface area (Å²) >= 11 is 0. The zero-order chi connectivity index (χ0) is 21.3. The van der Waals surface area contributed by atoms with Crippen LogP contribution in [-0.2, 0) is 9.59 Å². The van der Waals surface area contributed by atoms with Crippen LogP contribution in [-0.4, -0.2) is 33.2 Å². The highest BCUT2D eigenvalue weighted by molar-refractivity contribution is 5.93. The lowest BCUT2D eigenvalue weighted by atomic mass is 10.0. The predicted octanol–water partition coefficient (Wildman–Crippen LogP) is 3.15. The topological polar surface area (TPSA) is 98.1 Å². The maximum absolute atomic E-state index is 12.3. The minimum Gasteiger partial charge on any atom is -0.484 e. The van der Waals surface area contributed by atoms with Crippen molar-refractivity contribution in [2.45, 2.75) is 33.2 Å². The smallest absolute Gasteiger partial charge is 0.262 e. The number of aromatic nitrogens is 3. The molecule has 0 radical (unpaired) electrons. The van der Waals surface area contributed by atoms with Crippen molar-refractivity contribution in [3.63, 3.8) is 0 Å². The van der Waals surface area contributed by atoms with Gasteiger partial charge >= 0.3 is 0 Å². The largest absolute Gasteiger partial charge is 0.484 e. The highest BCUT2D eigenvalue weighted by atomic mass is 16.5. The summed E-state index contributed by atoms with van der Waals surface area (Å²) < 4.78 is 7.33. The fraction of sp³-hybridized carbons (Fsp3) is 0.273. The van der Waals surface area contributed by atoms with Crippen LogP contribution >= 0.6 is 0 Å². The molecule has 0 bridgehead atoms. The summed E-state index contributed by atoms with van der Waals surface area (Å²) in [5, 5.41) is 9.82. The van der Waals surface area contributed by atoms with Crippen molar-refractivity contribution < 1.29 is 14.3 Å². The molecule has 1 aliphatic heterocycles. The Morgan fingerprint density at radius 1 is 1.20 bits per heavy atom. The molecule has 2 N–H and O–H groups in total. The van der Waals surface area contributed by atoms with E-state index in [0.717, 1.165) is 27.9 Å². The van der Waals surface area contributed by atoms with Gasteiger partial charge in [0.05, 0.1) is 12.5 Å². The summed E-state index contributed by atoms with van der Waals surface area (Å²) in [4.78, 5) is 28.3. The second kappa shape index (κ2) is 7.98. The Bertz CT molecular complexity index is 1080. The second-order valence-electron chi connectivity index (χ2n) is 7.48. The molecule has 2 aromatic carbocycles. The van der Waals surface area contributed by atoms with Crippen LogP contribution in [0.1, 0.15) is 34.7 Å². The average Bonchev–Trinajstić information content (AvgIpc) is 3.17. The quantitative estimate of drug-likeness (QED) is 0.680. The molecule has 0 spiro atoms. The molecular weight excluding hydrogens is 382 g/mol. The number of nitrogens with zero attached hydrogens (tertiary/aromatic N) is 3. The van der Waals surface area contributed by atoms with E-state index in [9.17, 15) is 9.59 Å². The number of hydrogen-bond donors (Lipinski definition) is 2. The first-order valence-electron chi connectivity index (χ1n) is 9.70. The highest BCUT2D eigenvalue weighted by Crippen LogP contribution is 2.29. The van der Waals surface area contributed by atoms with E-state index in [1.807, 2.05) is 45.0 Å². The molecule has 1 aromatic heterocycles. The first-order chi connectivity index (χ1) is 14.4. The lowest BCUT2D eigenvalue weighted by Crippen LogP contribution is -2.29. The van der Waals surface area contributed by atoms with Gasteiger partial charge in [-0.2, -0.15) is 10.1 Å². The molecule has 1 atom stereocenters. The number of rotatable bonds is 5. The van der Waals surface area contributed by atoms with Gasteiger partial charge in [0.1, 0.15) is 12.1 Å². The summed E-state index contributed by atoms with van der Waals surface area (Å²) in [5.74, 6) is 0.699. The molecule has 8 nitrogen and oxygen atoms in total. The number of anilines is 2. The van der Waals surface area contributed by atoms with Crippen molar-refractivity contribution in [2.24, 2.45) is 0 Å². The molecule has 0 unspecified atom stereocenters. The Morgan fingerprint density at radius 3 is 2.60 bits per heavy atom. The third-order valence-electron chi connectivity index (χ3n) is 5.07. The second-order valence-corrected chi connectivity index (χ2v) is 7.48. The molecule has 2 heterocycles. The monoisotopic (exact) mass is 405 g/mol. The van der Waals surface area contributed by atoms with Gasteiger partial charge in [0.2, 0.25) is 11.9 Å². The van der Waals surface area contributed by atoms with Gasteiger partial charge in [0, 0.05) is 5.69 Å². The maximum atomic E-state index is 12.3. The van der Waals surface area contributed by atoms with Crippen LogP contribution in [0, 0.1) is 20.8 Å². The van der Waals surface area contributed by atoms with E-state index < -0.39 is 0 Å². The van der Waals surface area contributed by atoms with Gasteiger partial charge in [-0.1, -0.05) is 29.8 Å². The normalized spacial score (nSPS) is 15.3. The van der Waals surface area contributed by atoms with E-state index in [1.165, 1.54) is 6.33 Å². The fourth-order valence-electron chi connectivity index (χ4n) is 3.75. The molecule has 0 aliphatic carbocycles. The predicted molar refractivity (Wildman–Crippen MR) is 113 cm³/mol. The van der Waals surface area contributed by atoms with Crippen molar-refractivity contribution in [3.05, 3.63) is 65.0 Å². The summed E-state index contributed by atoms with van der Waals surface area (Å²) in [6.45, 7) is 5.88. The number of hydrogen-bond acceptors (Lipinski definition) is 5. The number of ether oxygens (including phenoxy) is 1. The van der Waals surface area contributed by atoms with E-state index in [-0.39, 0.29) is 30.9 Å². The number of fused-ring (bicyclic) bond motifs is 1. The van der Waals surface area contributed by atoms with Crippen LogP contribution in [0.5, 0.6) is 5.75 Å². The van der Waals surface area contributed by atoms with Gasteiger partial charge in [-0.25, -0.2) is 4.68 Å². The van der Waals surface area contributed by atoms with Gasteiger partial charge in [-0.3, -0.25) is 14.9 Å². The first-order valence-corrected chi connectivity index (χ1v) is 9.70. The van der Waals surface area contributed by atoms with E-state index in [0.29, 0.717) is 11.7 Å². The summed E-state index contributed by atoms with van der Waals surface area (Å²) in [7, 11) is 0. The third-order valence-corrected chi connectivity index (χ3v) is 5.07. The molecule has 2 amide bonds. The Morgan fingerprint density at radius 2 is 1.90 bits per heavy atom. The number of nitrogens with one attached hydrogen (secondary N) is 2. The Labute approximate surface area is 174 Å². The standard InChI is InChI=1S/C22H23N5O3/c1-13-8-14(2)21(15(3)9-13)25-20(29)11-30-17-6-4-16(5-7-17)18-10-19(28)26-22-23-12-24-27(18)22/h4-9,12,18H,10-11H2,1-3H3,(H,25,29)(H,23,24,26,28)/t18-/m0/s1. The SMILES string of the molecule is Cc1cc(C)c(NC(=O)COc2ccc([C@@H]3CC(=O)Nc4ncnn43)cc2)c(C)c1. The summed E-state index contributed by atoms with van der Waals surface area (Å²) in [5.41, 5.74) is 4.94. The van der Waals surface area contributed by atoms with Crippen LogP contribution in [0.2, 0.25) is 0 Å². The van der Waals surface area contributed by atoms with E-state index >= 15 is 0 Å². The number of benzene rings is 2. The minimum absolute atomic E-state index is 0.0921. The highest BCUT2D eigenvalue weighted by Gasteiger charge is 2.27. The van der Waals surface area contributed by atoms with Crippen molar-refractivity contribution in [2.75, 3.05) is 17.2 Å². The molecule has 1 aliphatic rings. The van der Waals surface area contributed by atoms with Crippen LogP contribution in [0.25, 0.3) is 0 Å². The van der Waals surface area contributed by atoms with Crippen molar-refractivity contribution >= 4 is 23.5 Å². The zero-order valence-electron chi connectivity index (χ0n) is 17.1.